The number of nitrogens with two attached hydrogens (primary N) is 1. The molecule has 0 saturated carbocycles. The van der Waals surface area contributed by atoms with Gasteiger partial charge in [0.1, 0.15) is 12.4 Å². The Morgan fingerprint density at radius 2 is 1.39 bits per heavy atom. The fraction of sp³-hybridized carbons (Fsp3) is 0.143. The Morgan fingerprint density at radius 3 is 2.04 bits per heavy atom. The van der Waals surface area contributed by atoms with Crippen molar-refractivity contribution >= 4 is 0 Å². The van der Waals surface area contributed by atoms with Crippen LogP contribution >= 0.6 is 0 Å². The average Bonchev–Trinajstić information content (AvgIpc) is 2.61. The maximum absolute atomic E-state index is 6.19. The Hall–Kier alpha value is -2.58. The SMILES string of the molecule is Cc1ccc(C(N)COc2ccc(-c3ccccc3)cc2)cc1. The van der Waals surface area contributed by atoms with Gasteiger partial charge < -0.3 is 10.5 Å². The molecular weight excluding hydrogens is 282 g/mol. The van der Waals surface area contributed by atoms with Crippen molar-refractivity contribution in [3.63, 3.8) is 0 Å². The summed E-state index contributed by atoms with van der Waals surface area (Å²) in [7, 11) is 0. The van der Waals surface area contributed by atoms with Crippen LogP contribution in [0, 0.1) is 6.92 Å². The highest BCUT2D eigenvalue weighted by Crippen LogP contribution is 2.22. The predicted molar refractivity (Wildman–Crippen MR) is 95.5 cm³/mol. The van der Waals surface area contributed by atoms with Crippen LogP contribution in [0.5, 0.6) is 5.75 Å². The molecule has 3 aromatic rings. The molecule has 116 valence electrons. The molecule has 1 atom stereocenters. The van der Waals surface area contributed by atoms with Crippen LogP contribution in [0.1, 0.15) is 17.2 Å². The Kier molecular flexibility index (Phi) is 4.74. The smallest absolute Gasteiger partial charge is 0.119 e. The lowest BCUT2D eigenvalue weighted by molar-refractivity contribution is 0.290. The first-order valence-corrected chi connectivity index (χ1v) is 7.83. The van der Waals surface area contributed by atoms with E-state index in [0.717, 1.165) is 11.3 Å². The number of benzene rings is 3. The van der Waals surface area contributed by atoms with Gasteiger partial charge in [-0.15, -0.1) is 0 Å². The van der Waals surface area contributed by atoms with Gasteiger partial charge >= 0.3 is 0 Å². The third-order valence-electron chi connectivity index (χ3n) is 3.90. The Morgan fingerprint density at radius 1 is 0.783 bits per heavy atom. The monoisotopic (exact) mass is 303 g/mol. The second kappa shape index (κ2) is 7.12. The highest BCUT2D eigenvalue weighted by molar-refractivity contribution is 5.63. The molecule has 0 aliphatic carbocycles. The second-order valence-corrected chi connectivity index (χ2v) is 5.72. The minimum atomic E-state index is -0.121. The van der Waals surface area contributed by atoms with E-state index in [-0.39, 0.29) is 6.04 Å². The van der Waals surface area contributed by atoms with Gasteiger partial charge in [-0.05, 0) is 35.7 Å². The second-order valence-electron chi connectivity index (χ2n) is 5.72. The quantitative estimate of drug-likeness (QED) is 0.739. The van der Waals surface area contributed by atoms with Crippen LogP contribution in [0.4, 0.5) is 0 Å². The minimum absolute atomic E-state index is 0.121. The standard InChI is InChI=1S/C21H21NO/c1-16-7-9-19(10-8-16)21(22)15-23-20-13-11-18(12-14-20)17-5-3-2-4-6-17/h2-14,21H,15,22H2,1H3. The first-order chi connectivity index (χ1) is 11.2. The van der Waals surface area contributed by atoms with Crippen molar-refractivity contribution < 1.29 is 4.74 Å². The highest BCUT2D eigenvalue weighted by atomic mass is 16.5. The van der Waals surface area contributed by atoms with Crippen molar-refractivity contribution in [3.05, 3.63) is 90.0 Å². The van der Waals surface area contributed by atoms with E-state index in [1.807, 2.05) is 30.3 Å². The van der Waals surface area contributed by atoms with Crippen molar-refractivity contribution in [1.82, 2.24) is 0 Å². The molecule has 3 aromatic carbocycles. The summed E-state index contributed by atoms with van der Waals surface area (Å²) in [6.07, 6.45) is 0. The van der Waals surface area contributed by atoms with Crippen LogP contribution in [0.2, 0.25) is 0 Å². The fourth-order valence-electron chi connectivity index (χ4n) is 2.47. The molecule has 0 aromatic heterocycles. The van der Waals surface area contributed by atoms with Gasteiger partial charge in [0.2, 0.25) is 0 Å². The van der Waals surface area contributed by atoms with Gasteiger partial charge in [-0.2, -0.15) is 0 Å². The Balaban J connectivity index is 1.61. The van der Waals surface area contributed by atoms with Crippen LogP contribution < -0.4 is 10.5 Å². The molecule has 1 unspecified atom stereocenters. The zero-order valence-electron chi connectivity index (χ0n) is 13.3. The number of rotatable bonds is 5. The summed E-state index contributed by atoms with van der Waals surface area (Å²) in [5, 5.41) is 0. The van der Waals surface area contributed by atoms with Crippen LogP contribution in [0.3, 0.4) is 0 Å². The van der Waals surface area contributed by atoms with Gasteiger partial charge in [-0.1, -0.05) is 72.3 Å². The van der Waals surface area contributed by atoms with E-state index in [9.17, 15) is 0 Å². The van der Waals surface area contributed by atoms with Gasteiger partial charge in [0.05, 0.1) is 6.04 Å². The molecule has 23 heavy (non-hydrogen) atoms. The molecule has 0 bridgehead atoms. The van der Waals surface area contributed by atoms with Crippen molar-refractivity contribution in [3.8, 4) is 16.9 Å². The summed E-state index contributed by atoms with van der Waals surface area (Å²) in [4.78, 5) is 0. The summed E-state index contributed by atoms with van der Waals surface area (Å²) in [6, 6.07) is 26.6. The molecular formula is C21H21NO. The molecule has 2 nitrogen and oxygen atoms in total. The molecule has 2 N–H and O–H groups in total. The summed E-state index contributed by atoms with van der Waals surface area (Å²) >= 11 is 0. The zero-order valence-corrected chi connectivity index (χ0v) is 13.3. The third kappa shape index (κ3) is 3.99. The topological polar surface area (TPSA) is 35.2 Å². The highest BCUT2D eigenvalue weighted by Gasteiger charge is 2.07. The number of ether oxygens (including phenoxy) is 1. The van der Waals surface area contributed by atoms with E-state index >= 15 is 0 Å². The normalized spacial score (nSPS) is 11.9. The lowest BCUT2D eigenvalue weighted by atomic mass is 10.1. The first-order valence-electron chi connectivity index (χ1n) is 7.83. The Labute approximate surface area is 137 Å². The molecule has 0 amide bonds. The average molecular weight is 303 g/mol. The summed E-state index contributed by atoms with van der Waals surface area (Å²) in [5.41, 5.74) is 10.9. The maximum Gasteiger partial charge on any atom is 0.119 e. The lowest BCUT2D eigenvalue weighted by Crippen LogP contribution is -2.18. The zero-order chi connectivity index (χ0) is 16.1. The lowest BCUT2D eigenvalue weighted by Gasteiger charge is -2.14. The molecule has 3 rings (SSSR count). The van der Waals surface area contributed by atoms with Crippen LogP contribution in [-0.4, -0.2) is 6.61 Å². The van der Waals surface area contributed by atoms with Gasteiger partial charge in [-0.25, -0.2) is 0 Å². The molecule has 0 aliphatic rings. The van der Waals surface area contributed by atoms with Crippen molar-refractivity contribution in [1.29, 1.82) is 0 Å². The molecule has 0 aliphatic heterocycles. The summed E-state index contributed by atoms with van der Waals surface area (Å²) in [6.45, 7) is 2.54. The molecule has 0 heterocycles. The first kappa shape index (κ1) is 15.3. The number of hydrogen-bond donors (Lipinski definition) is 1. The molecule has 2 heteroatoms. The largest absolute Gasteiger partial charge is 0.492 e. The van der Waals surface area contributed by atoms with E-state index < -0.39 is 0 Å². The molecule has 0 radical (unpaired) electrons. The van der Waals surface area contributed by atoms with E-state index in [4.69, 9.17) is 10.5 Å². The summed E-state index contributed by atoms with van der Waals surface area (Å²) in [5.74, 6) is 0.840. The Bertz CT molecular complexity index is 733. The van der Waals surface area contributed by atoms with Crippen molar-refractivity contribution in [2.75, 3.05) is 6.61 Å². The number of aryl methyl sites for hydroxylation is 1. The maximum atomic E-state index is 6.19. The van der Waals surface area contributed by atoms with E-state index in [0.29, 0.717) is 6.61 Å². The fourth-order valence-corrected chi connectivity index (χ4v) is 2.47. The van der Waals surface area contributed by atoms with E-state index in [2.05, 4.69) is 55.5 Å². The van der Waals surface area contributed by atoms with Crippen molar-refractivity contribution in [2.45, 2.75) is 13.0 Å². The van der Waals surface area contributed by atoms with Crippen LogP contribution in [-0.2, 0) is 0 Å². The predicted octanol–water partition coefficient (Wildman–Crippen LogP) is 4.74. The molecule has 0 spiro atoms. The van der Waals surface area contributed by atoms with Gasteiger partial charge in [0.25, 0.3) is 0 Å². The van der Waals surface area contributed by atoms with Crippen molar-refractivity contribution in [2.24, 2.45) is 5.73 Å². The summed E-state index contributed by atoms with van der Waals surface area (Å²) < 4.78 is 5.82. The van der Waals surface area contributed by atoms with E-state index in [1.54, 1.807) is 0 Å². The van der Waals surface area contributed by atoms with Gasteiger partial charge in [0, 0.05) is 0 Å². The van der Waals surface area contributed by atoms with Crippen LogP contribution in [0.15, 0.2) is 78.9 Å². The van der Waals surface area contributed by atoms with Gasteiger partial charge in [-0.3, -0.25) is 0 Å². The van der Waals surface area contributed by atoms with Crippen LogP contribution in [0.25, 0.3) is 11.1 Å². The van der Waals surface area contributed by atoms with Gasteiger partial charge in [0.15, 0.2) is 0 Å². The van der Waals surface area contributed by atoms with E-state index in [1.165, 1.54) is 16.7 Å². The number of hydrogen-bond acceptors (Lipinski definition) is 2. The molecule has 0 fully saturated rings. The minimum Gasteiger partial charge on any atom is -0.492 e. The molecule has 0 saturated heterocycles. The third-order valence-corrected chi connectivity index (χ3v) is 3.90.